The largest absolute Gasteiger partial charge is 0.352 e. The van der Waals surface area contributed by atoms with E-state index in [1.807, 2.05) is 31.6 Å². The Kier molecular flexibility index (Phi) is 5.53. The van der Waals surface area contributed by atoms with E-state index < -0.39 is 0 Å². The summed E-state index contributed by atoms with van der Waals surface area (Å²) in [6.45, 7) is 7.89. The number of aryl methyl sites for hydroxylation is 2. The molecule has 0 spiro atoms. The van der Waals surface area contributed by atoms with Crippen molar-refractivity contribution >= 4 is 5.91 Å². The summed E-state index contributed by atoms with van der Waals surface area (Å²) >= 11 is 0. The van der Waals surface area contributed by atoms with Gasteiger partial charge in [0.05, 0.1) is 12.1 Å². The van der Waals surface area contributed by atoms with Gasteiger partial charge in [-0.3, -0.25) is 14.4 Å². The van der Waals surface area contributed by atoms with Gasteiger partial charge < -0.3 is 5.32 Å². The average Bonchev–Trinajstić information content (AvgIpc) is 3.18. The maximum Gasteiger partial charge on any atom is 0.224 e. The number of nitrogens with zero attached hydrogens (tertiary/aromatic N) is 3. The van der Waals surface area contributed by atoms with Crippen LogP contribution in [0, 0.1) is 13.8 Å². The van der Waals surface area contributed by atoms with Crippen LogP contribution in [0.2, 0.25) is 0 Å². The van der Waals surface area contributed by atoms with Gasteiger partial charge in [-0.2, -0.15) is 5.10 Å². The first kappa shape index (κ1) is 17.7. The highest BCUT2D eigenvalue weighted by Gasteiger charge is 2.15. The molecule has 25 heavy (non-hydrogen) atoms. The summed E-state index contributed by atoms with van der Waals surface area (Å²) in [4.78, 5) is 14.9. The summed E-state index contributed by atoms with van der Waals surface area (Å²) in [5.74, 6) is 0.0511. The molecule has 1 aliphatic heterocycles. The van der Waals surface area contributed by atoms with Crippen LogP contribution in [-0.4, -0.2) is 33.7 Å². The van der Waals surface area contributed by atoms with Gasteiger partial charge in [0.1, 0.15) is 0 Å². The lowest BCUT2D eigenvalue weighted by Crippen LogP contribution is -2.26. The molecule has 2 aromatic rings. The summed E-state index contributed by atoms with van der Waals surface area (Å²) in [5.41, 5.74) is 5.55. The van der Waals surface area contributed by atoms with Crippen molar-refractivity contribution in [2.45, 2.75) is 46.2 Å². The zero-order chi connectivity index (χ0) is 17.8. The first-order valence-electron chi connectivity index (χ1n) is 9.09. The van der Waals surface area contributed by atoms with Crippen molar-refractivity contribution in [2.75, 3.05) is 13.1 Å². The normalized spacial score (nSPS) is 14.8. The quantitative estimate of drug-likeness (QED) is 0.879. The van der Waals surface area contributed by atoms with Crippen LogP contribution in [0.15, 0.2) is 24.3 Å². The molecule has 0 saturated carbocycles. The number of rotatable bonds is 6. The molecular formula is C20H28N4O. The second-order valence-electron chi connectivity index (χ2n) is 6.98. The second-order valence-corrected chi connectivity index (χ2v) is 6.98. The zero-order valence-corrected chi connectivity index (χ0v) is 15.5. The van der Waals surface area contributed by atoms with Crippen LogP contribution in [-0.2, 0) is 31.4 Å². The van der Waals surface area contributed by atoms with Gasteiger partial charge in [0.25, 0.3) is 0 Å². The standard InChI is InChI=1S/C20H28N4O/c1-15-19(16(2)23(3)22-15)12-20(25)21-13-17-8-4-5-9-18(17)14-24-10-6-7-11-24/h4-5,8-9H,6-7,10-14H2,1-3H3,(H,21,25). The first-order valence-corrected chi connectivity index (χ1v) is 9.09. The summed E-state index contributed by atoms with van der Waals surface area (Å²) in [5, 5.41) is 7.47. The van der Waals surface area contributed by atoms with E-state index in [1.165, 1.54) is 37.1 Å². The van der Waals surface area contributed by atoms with Gasteiger partial charge in [-0.15, -0.1) is 0 Å². The highest BCUT2D eigenvalue weighted by Crippen LogP contribution is 2.16. The van der Waals surface area contributed by atoms with Gasteiger partial charge in [-0.05, 0) is 50.9 Å². The van der Waals surface area contributed by atoms with Crippen LogP contribution in [0.4, 0.5) is 0 Å². The van der Waals surface area contributed by atoms with Crippen molar-refractivity contribution in [1.82, 2.24) is 20.0 Å². The number of likely N-dealkylation sites (tertiary alicyclic amines) is 1. The molecule has 1 amide bonds. The van der Waals surface area contributed by atoms with Gasteiger partial charge in [0, 0.05) is 31.4 Å². The molecule has 0 radical (unpaired) electrons. The Hall–Kier alpha value is -2.14. The Balaban J connectivity index is 1.60. The van der Waals surface area contributed by atoms with Crippen molar-refractivity contribution in [3.63, 3.8) is 0 Å². The van der Waals surface area contributed by atoms with E-state index in [0.717, 1.165) is 23.5 Å². The van der Waals surface area contributed by atoms with Crippen LogP contribution in [0.25, 0.3) is 0 Å². The third-order valence-electron chi connectivity index (χ3n) is 5.18. The van der Waals surface area contributed by atoms with Crippen LogP contribution in [0.5, 0.6) is 0 Å². The molecule has 1 fully saturated rings. The number of aromatic nitrogens is 2. The molecule has 5 heteroatoms. The van der Waals surface area contributed by atoms with Gasteiger partial charge in [-0.25, -0.2) is 0 Å². The molecule has 5 nitrogen and oxygen atoms in total. The molecule has 0 unspecified atom stereocenters. The highest BCUT2D eigenvalue weighted by atomic mass is 16.1. The minimum atomic E-state index is 0.0511. The van der Waals surface area contributed by atoms with E-state index in [4.69, 9.17) is 0 Å². The number of carbonyl (C=O) groups excluding carboxylic acids is 1. The maximum atomic E-state index is 12.4. The summed E-state index contributed by atoms with van der Waals surface area (Å²) in [6.07, 6.45) is 2.98. The van der Waals surface area contributed by atoms with E-state index in [9.17, 15) is 4.79 Å². The summed E-state index contributed by atoms with van der Waals surface area (Å²) < 4.78 is 1.84. The minimum absolute atomic E-state index is 0.0511. The van der Waals surface area contributed by atoms with Crippen molar-refractivity contribution in [3.05, 3.63) is 52.3 Å². The smallest absolute Gasteiger partial charge is 0.224 e. The lowest BCUT2D eigenvalue weighted by molar-refractivity contribution is -0.120. The van der Waals surface area contributed by atoms with Crippen molar-refractivity contribution in [1.29, 1.82) is 0 Å². The van der Waals surface area contributed by atoms with Crippen molar-refractivity contribution < 1.29 is 4.79 Å². The number of amides is 1. The third kappa shape index (κ3) is 4.28. The van der Waals surface area contributed by atoms with Gasteiger partial charge in [-0.1, -0.05) is 24.3 Å². The number of nitrogens with one attached hydrogen (secondary N) is 1. The second kappa shape index (κ2) is 7.83. The highest BCUT2D eigenvalue weighted by molar-refractivity contribution is 5.79. The van der Waals surface area contributed by atoms with Gasteiger partial charge in [0.15, 0.2) is 0 Å². The summed E-state index contributed by atoms with van der Waals surface area (Å²) in [7, 11) is 1.92. The molecule has 1 saturated heterocycles. The monoisotopic (exact) mass is 340 g/mol. The topological polar surface area (TPSA) is 50.2 Å². The van der Waals surface area contributed by atoms with Crippen molar-refractivity contribution in [3.8, 4) is 0 Å². The van der Waals surface area contributed by atoms with Gasteiger partial charge >= 0.3 is 0 Å². The zero-order valence-electron chi connectivity index (χ0n) is 15.5. The fourth-order valence-corrected chi connectivity index (χ4v) is 3.56. The van der Waals surface area contributed by atoms with E-state index in [-0.39, 0.29) is 5.91 Å². The lowest BCUT2D eigenvalue weighted by Gasteiger charge is -2.17. The molecule has 1 aromatic carbocycles. The van der Waals surface area contributed by atoms with Crippen molar-refractivity contribution in [2.24, 2.45) is 7.05 Å². The molecule has 3 rings (SSSR count). The Morgan fingerprint density at radius 3 is 2.48 bits per heavy atom. The van der Waals surface area contributed by atoms with Crippen LogP contribution >= 0.6 is 0 Å². The summed E-state index contributed by atoms with van der Waals surface area (Å²) in [6, 6.07) is 8.42. The van der Waals surface area contributed by atoms with E-state index in [2.05, 4.69) is 33.5 Å². The van der Waals surface area contributed by atoms with E-state index in [0.29, 0.717) is 13.0 Å². The molecule has 2 heterocycles. The third-order valence-corrected chi connectivity index (χ3v) is 5.18. The minimum Gasteiger partial charge on any atom is -0.352 e. The fourth-order valence-electron chi connectivity index (χ4n) is 3.56. The molecule has 0 aliphatic carbocycles. The predicted molar refractivity (Wildman–Crippen MR) is 99.2 cm³/mol. The molecule has 0 atom stereocenters. The Labute approximate surface area is 150 Å². The molecule has 134 valence electrons. The maximum absolute atomic E-state index is 12.4. The van der Waals surface area contributed by atoms with E-state index >= 15 is 0 Å². The van der Waals surface area contributed by atoms with Crippen LogP contribution in [0.1, 0.15) is 40.9 Å². The molecular weight excluding hydrogens is 312 g/mol. The molecule has 1 N–H and O–H groups in total. The Morgan fingerprint density at radius 1 is 1.16 bits per heavy atom. The first-order chi connectivity index (χ1) is 12.0. The number of benzene rings is 1. The Morgan fingerprint density at radius 2 is 1.84 bits per heavy atom. The van der Waals surface area contributed by atoms with E-state index in [1.54, 1.807) is 0 Å². The number of hydrogen-bond donors (Lipinski definition) is 1. The SMILES string of the molecule is Cc1nn(C)c(C)c1CC(=O)NCc1ccccc1CN1CCCC1. The van der Waals surface area contributed by atoms with Crippen LogP contribution < -0.4 is 5.32 Å². The fraction of sp³-hybridized carbons (Fsp3) is 0.500. The molecule has 1 aliphatic rings. The molecule has 1 aromatic heterocycles. The Bertz CT molecular complexity index is 744. The average molecular weight is 340 g/mol. The number of hydrogen-bond acceptors (Lipinski definition) is 3. The lowest BCUT2D eigenvalue weighted by atomic mass is 10.1. The van der Waals surface area contributed by atoms with Crippen LogP contribution in [0.3, 0.4) is 0 Å². The molecule has 0 bridgehead atoms. The predicted octanol–water partition coefficient (Wildman–Crippen LogP) is 2.49. The number of carbonyl (C=O) groups is 1. The van der Waals surface area contributed by atoms with Gasteiger partial charge in [0.2, 0.25) is 5.91 Å².